The summed E-state index contributed by atoms with van der Waals surface area (Å²) in [6, 6.07) is 4.14. The highest BCUT2D eigenvalue weighted by molar-refractivity contribution is 5.77. The Hall–Kier alpha value is -1.55. The lowest BCUT2D eigenvalue weighted by Crippen LogP contribution is -2.34. The SMILES string of the molecule is COc1cnc2c(ccn2CC2(N(C)C)CC2)c1. The molecule has 4 heteroatoms. The second kappa shape index (κ2) is 3.99. The highest BCUT2D eigenvalue weighted by Crippen LogP contribution is 2.42. The second-order valence-electron chi connectivity index (χ2n) is 5.35. The Labute approximate surface area is 107 Å². The first-order chi connectivity index (χ1) is 8.64. The summed E-state index contributed by atoms with van der Waals surface area (Å²) in [5.74, 6) is 0.814. The smallest absolute Gasteiger partial charge is 0.140 e. The van der Waals surface area contributed by atoms with E-state index in [1.807, 2.05) is 6.07 Å². The predicted molar refractivity (Wildman–Crippen MR) is 71.9 cm³/mol. The predicted octanol–water partition coefficient (Wildman–Crippen LogP) is 2.14. The molecular weight excluding hydrogens is 226 g/mol. The molecule has 2 aromatic rings. The van der Waals surface area contributed by atoms with E-state index in [4.69, 9.17) is 4.74 Å². The van der Waals surface area contributed by atoms with Crippen LogP contribution < -0.4 is 4.74 Å². The van der Waals surface area contributed by atoms with Crippen LogP contribution in [0.4, 0.5) is 0 Å². The Morgan fingerprint density at radius 2 is 2.22 bits per heavy atom. The van der Waals surface area contributed by atoms with Crippen molar-refractivity contribution in [2.24, 2.45) is 0 Å². The molecule has 0 atom stereocenters. The van der Waals surface area contributed by atoms with Gasteiger partial charge < -0.3 is 14.2 Å². The van der Waals surface area contributed by atoms with Gasteiger partial charge in [-0.1, -0.05) is 0 Å². The Morgan fingerprint density at radius 1 is 1.44 bits per heavy atom. The third kappa shape index (κ3) is 1.77. The monoisotopic (exact) mass is 245 g/mol. The van der Waals surface area contributed by atoms with E-state index in [-0.39, 0.29) is 0 Å². The van der Waals surface area contributed by atoms with Gasteiger partial charge in [0.25, 0.3) is 0 Å². The lowest BCUT2D eigenvalue weighted by molar-refractivity contribution is 0.243. The van der Waals surface area contributed by atoms with E-state index in [1.165, 1.54) is 12.8 Å². The van der Waals surface area contributed by atoms with Gasteiger partial charge in [-0.2, -0.15) is 0 Å². The number of nitrogens with zero attached hydrogens (tertiary/aromatic N) is 3. The zero-order chi connectivity index (χ0) is 12.8. The van der Waals surface area contributed by atoms with Crippen molar-refractivity contribution in [2.75, 3.05) is 21.2 Å². The van der Waals surface area contributed by atoms with Crippen LogP contribution in [0.15, 0.2) is 24.5 Å². The molecule has 0 aromatic carbocycles. The molecule has 1 aliphatic carbocycles. The Kier molecular flexibility index (Phi) is 2.55. The average molecular weight is 245 g/mol. The largest absolute Gasteiger partial charge is 0.495 e. The lowest BCUT2D eigenvalue weighted by atomic mass is 10.2. The number of hydrogen-bond acceptors (Lipinski definition) is 3. The summed E-state index contributed by atoms with van der Waals surface area (Å²) in [6.07, 6.45) is 6.46. The van der Waals surface area contributed by atoms with E-state index < -0.39 is 0 Å². The van der Waals surface area contributed by atoms with Gasteiger partial charge in [0.15, 0.2) is 0 Å². The van der Waals surface area contributed by atoms with Gasteiger partial charge in [-0.25, -0.2) is 4.98 Å². The molecule has 0 radical (unpaired) electrons. The minimum Gasteiger partial charge on any atom is -0.495 e. The van der Waals surface area contributed by atoms with Crippen LogP contribution in [0.2, 0.25) is 0 Å². The van der Waals surface area contributed by atoms with Crippen molar-refractivity contribution in [2.45, 2.75) is 24.9 Å². The highest BCUT2D eigenvalue weighted by Gasteiger charge is 2.45. The maximum absolute atomic E-state index is 5.20. The van der Waals surface area contributed by atoms with E-state index in [0.29, 0.717) is 5.54 Å². The van der Waals surface area contributed by atoms with Gasteiger partial charge in [0.2, 0.25) is 0 Å². The van der Waals surface area contributed by atoms with Gasteiger partial charge in [0.1, 0.15) is 11.4 Å². The maximum atomic E-state index is 5.20. The van der Waals surface area contributed by atoms with Gasteiger partial charge in [-0.3, -0.25) is 0 Å². The molecule has 96 valence electrons. The number of ether oxygens (including phenoxy) is 1. The zero-order valence-electron chi connectivity index (χ0n) is 11.2. The summed E-state index contributed by atoms with van der Waals surface area (Å²) in [5.41, 5.74) is 1.39. The normalized spacial score (nSPS) is 17.3. The summed E-state index contributed by atoms with van der Waals surface area (Å²) in [7, 11) is 6.00. The van der Waals surface area contributed by atoms with Gasteiger partial charge in [0.05, 0.1) is 13.3 Å². The maximum Gasteiger partial charge on any atom is 0.140 e. The first kappa shape index (κ1) is 11.5. The first-order valence-corrected chi connectivity index (χ1v) is 6.31. The van der Waals surface area contributed by atoms with Crippen molar-refractivity contribution in [1.82, 2.24) is 14.5 Å². The fourth-order valence-electron chi connectivity index (χ4n) is 2.51. The Morgan fingerprint density at radius 3 is 2.83 bits per heavy atom. The van der Waals surface area contributed by atoms with Crippen molar-refractivity contribution in [3.05, 3.63) is 24.5 Å². The van der Waals surface area contributed by atoms with Crippen LogP contribution in [0.1, 0.15) is 12.8 Å². The zero-order valence-corrected chi connectivity index (χ0v) is 11.2. The molecule has 0 aliphatic heterocycles. The quantitative estimate of drug-likeness (QED) is 0.826. The van der Waals surface area contributed by atoms with Gasteiger partial charge in [-0.15, -0.1) is 0 Å². The van der Waals surface area contributed by atoms with Crippen LogP contribution >= 0.6 is 0 Å². The summed E-state index contributed by atoms with van der Waals surface area (Å²) in [6.45, 7) is 1.02. The molecule has 0 unspecified atom stereocenters. The third-order valence-electron chi connectivity index (χ3n) is 4.05. The van der Waals surface area contributed by atoms with Crippen LogP contribution in [0.3, 0.4) is 0 Å². The summed E-state index contributed by atoms with van der Waals surface area (Å²) in [4.78, 5) is 6.84. The van der Waals surface area contributed by atoms with Crippen molar-refractivity contribution in [3.8, 4) is 5.75 Å². The first-order valence-electron chi connectivity index (χ1n) is 6.31. The number of methoxy groups -OCH3 is 1. The minimum atomic E-state index is 0.341. The fraction of sp³-hybridized carbons (Fsp3) is 0.500. The van der Waals surface area contributed by atoms with Gasteiger partial charge in [-0.05, 0) is 39.1 Å². The molecule has 0 amide bonds. The number of fused-ring (bicyclic) bond motifs is 1. The molecule has 4 nitrogen and oxygen atoms in total. The Bertz CT molecular complexity index is 569. The van der Waals surface area contributed by atoms with Crippen molar-refractivity contribution < 1.29 is 4.74 Å². The van der Waals surface area contributed by atoms with Crippen LogP contribution in [0.5, 0.6) is 5.75 Å². The molecule has 0 bridgehead atoms. The van der Waals surface area contributed by atoms with E-state index in [0.717, 1.165) is 23.3 Å². The molecular formula is C14H19N3O. The average Bonchev–Trinajstić information content (AvgIpc) is 3.05. The number of likely N-dealkylation sites (N-methyl/N-ethyl adjacent to an activating group) is 1. The summed E-state index contributed by atoms with van der Waals surface area (Å²) >= 11 is 0. The second-order valence-corrected chi connectivity index (χ2v) is 5.35. The van der Waals surface area contributed by atoms with E-state index >= 15 is 0 Å². The van der Waals surface area contributed by atoms with Crippen molar-refractivity contribution >= 4 is 11.0 Å². The molecule has 2 aromatic heterocycles. The minimum absolute atomic E-state index is 0.341. The van der Waals surface area contributed by atoms with E-state index in [9.17, 15) is 0 Å². The number of rotatable bonds is 4. The van der Waals surface area contributed by atoms with Crippen molar-refractivity contribution in [3.63, 3.8) is 0 Å². The molecule has 1 aliphatic rings. The molecule has 0 N–H and O–H groups in total. The van der Waals surface area contributed by atoms with Crippen LogP contribution in [-0.4, -0.2) is 41.2 Å². The highest BCUT2D eigenvalue weighted by atomic mass is 16.5. The van der Waals surface area contributed by atoms with Crippen molar-refractivity contribution in [1.29, 1.82) is 0 Å². The number of hydrogen-bond donors (Lipinski definition) is 0. The lowest BCUT2D eigenvalue weighted by Gasteiger charge is -2.24. The third-order valence-corrected chi connectivity index (χ3v) is 4.05. The molecule has 0 spiro atoms. The van der Waals surface area contributed by atoms with Crippen LogP contribution in [0.25, 0.3) is 11.0 Å². The topological polar surface area (TPSA) is 30.3 Å². The molecule has 1 fully saturated rings. The molecule has 2 heterocycles. The van der Waals surface area contributed by atoms with Gasteiger partial charge >= 0.3 is 0 Å². The molecule has 3 rings (SSSR count). The van der Waals surface area contributed by atoms with Crippen LogP contribution in [-0.2, 0) is 6.54 Å². The summed E-state index contributed by atoms with van der Waals surface area (Å²) in [5, 5.41) is 1.14. The standard InChI is InChI=1S/C14H19N3O/c1-16(2)14(5-6-14)10-17-7-4-11-8-12(18-3)9-15-13(11)17/h4,7-9H,5-6,10H2,1-3H3. The number of aromatic nitrogens is 2. The number of pyridine rings is 1. The van der Waals surface area contributed by atoms with Crippen LogP contribution in [0, 0.1) is 0 Å². The van der Waals surface area contributed by atoms with E-state index in [1.54, 1.807) is 13.3 Å². The molecule has 1 saturated carbocycles. The summed E-state index contributed by atoms with van der Waals surface area (Å²) < 4.78 is 7.45. The molecule has 0 saturated heterocycles. The van der Waals surface area contributed by atoms with E-state index in [2.05, 4.69) is 40.8 Å². The van der Waals surface area contributed by atoms with Gasteiger partial charge in [0, 0.05) is 23.7 Å². The fourth-order valence-corrected chi connectivity index (χ4v) is 2.51. The Balaban J connectivity index is 1.94. The molecule has 18 heavy (non-hydrogen) atoms.